The number of hydrogen-bond acceptors (Lipinski definition) is 6. The van der Waals surface area contributed by atoms with Crippen molar-refractivity contribution in [3.05, 3.63) is 36.5 Å². The van der Waals surface area contributed by atoms with Crippen LogP contribution in [0.3, 0.4) is 0 Å². The third kappa shape index (κ3) is 60.5. The predicted octanol–water partition coefficient (Wildman–Crippen LogP) is 22.4. The summed E-state index contributed by atoms with van der Waals surface area (Å²) in [6, 6.07) is 0. The summed E-state index contributed by atoms with van der Waals surface area (Å²) in [6.45, 7) is 6.64. The molecule has 0 aliphatic carbocycles. The molecule has 0 aromatic rings. The summed E-state index contributed by atoms with van der Waals surface area (Å²) in [7, 11) is 0. The third-order valence-electron chi connectivity index (χ3n) is 14.9. The van der Waals surface area contributed by atoms with Gasteiger partial charge in [0, 0.05) is 19.3 Å². The van der Waals surface area contributed by atoms with Crippen molar-refractivity contribution >= 4 is 17.9 Å². The van der Waals surface area contributed by atoms with E-state index in [9.17, 15) is 14.4 Å². The molecular formula is C68H126O6. The Kier molecular flexibility index (Phi) is 61.1. The highest BCUT2D eigenvalue weighted by Gasteiger charge is 2.19. The second-order valence-corrected chi connectivity index (χ2v) is 22.4. The number of allylic oxidation sites excluding steroid dienone is 6. The lowest BCUT2D eigenvalue weighted by Crippen LogP contribution is -2.30. The quantitative estimate of drug-likeness (QED) is 0.0261. The Morgan fingerprint density at radius 3 is 0.757 bits per heavy atom. The number of carbonyl (C=O) groups excluding carboxylic acids is 3. The number of rotatable bonds is 61. The first-order valence-corrected chi connectivity index (χ1v) is 33.0. The van der Waals surface area contributed by atoms with Crippen LogP contribution in [-0.2, 0) is 28.6 Å². The summed E-state index contributed by atoms with van der Waals surface area (Å²) in [4.78, 5) is 38.1. The minimum absolute atomic E-state index is 0.0662. The van der Waals surface area contributed by atoms with Gasteiger partial charge in [-0.15, -0.1) is 0 Å². The molecule has 6 nitrogen and oxygen atoms in total. The van der Waals surface area contributed by atoms with Crippen LogP contribution in [-0.4, -0.2) is 37.2 Å². The Bertz CT molecular complexity index is 1240. The van der Waals surface area contributed by atoms with E-state index in [1.165, 1.54) is 250 Å². The maximum absolute atomic E-state index is 12.8. The summed E-state index contributed by atoms with van der Waals surface area (Å²) < 4.78 is 16.9. The van der Waals surface area contributed by atoms with Gasteiger partial charge in [-0.25, -0.2) is 0 Å². The average Bonchev–Trinajstić information content (AvgIpc) is 3.40. The van der Waals surface area contributed by atoms with Crippen LogP contribution in [0.15, 0.2) is 36.5 Å². The van der Waals surface area contributed by atoms with E-state index in [-0.39, 0.29) is 31.1 Å². The van der Waals surface area contributed by atoms with Gasteiger partial charge in [-0.3, -0.25) is 14.4 Å². The van der Waals surface area contributed by atoms with Gasteiger partial charge >= 0.3 is 17.9 Å². The number of ether oxygens (including phenoxy) is 3. The fourth-order valence-electron chi connectivity index (χ4n) is 9.92. The molecule has 0 radical (unpaired) electrons. The molecule has 0 rings (SSSR count). The minimum atomic E-state index is -0.765. The summed E-state index contributed by atoms with van der Waals surface area (Å²) in [6.07, 6.45) is 77.6. The van der Waals surface area contributed by atoms with Gasteiger partial charge in [0.15, 0.2) is 6.10 Å². The van der Waals surface area contributed by atoms with Crippen LogP contribution in [0.4, 0.5) is 0 Å². The molecule has 0 saturated heterocycles. The SMILES string of the molecule is CCCCCCC/C=C\C/C=C\C/C=C\CCCCCCCCCCCCCCCCCCC(=O)OCC(COC(=O)CCCCCCCCC)OC(=O)CCCCCCCCCCCCCCCCCCCC. The molecule has 0 aliphatic rings. The van der Waals surface area contributed by atoms with Crippen molar-refractivity contribution < 1.29 is 28.6 Å². The normalized spacial score (nSPS) is 12.2. The van der Waals surface area contributed by atoms with Crippen LogP contribution >= 0.6 is 0 Å². The fourth-order valence-corrected chi connectivity index (χ4v) is 9.92. The van der Waals surface area contributed by atoms with Crippen LogP contribution in [0.25, 0.3) is 0 Å². The van der Waals surface area contributed by atoms with Gasteiger partial charge in [0.25, 0.3) is 0 Å². The molecule has 0 N–H and O–H groups in total. The van der Waals surface area contributed by atoms with Gasteiger partial charge in [-0.2, -0.15) is 0 Å². The molecule has 0 saturated carbocycles. The second-order valence-electron chi connectivity index (χ2n) is 22.4. The molecule has 0 bridgehead atoms. The lowest BCUT2D eigenvalue weighted by Gasteiger charge is -2.18. The monoisotopic (exact) mass is 1040 g/mol. The van der Waals surface area contributed by atoms with Gasteiger partial charge in [-0.05, 0) is 57.8 Å². The minimum Gasteiger partial charge on any atom is -0.462 e. The molecule has 6 heteroatoms. The molecule has 434 valence electrons. The highest BCUT2D eigenvalue weighted by molar-refractivity contribution is 5.71. The van der Waals surface area contributed by atoms with Crippen LogP contribution < -0.4 is 0 Å². The molecule has 0 spiro atoms. The van der Waals surface area contributed by atoms with Crippen LogP contribution in [0.5, 0.6) is 0 Å². The molecule has 1 atom stereocenters. The van der Waals surface area contributed by atoms with E-state index in [2.05, 4.69) is 57.2 Å². The van der Waals surface area contributed by atoms with E-state index in [4.69, 9.17) is 14.2 Å². The Balaban J connectivity index is 4.01. The van der Waals surface area contributed by atoms with Crippen LogP contribution in [0.1, 0.15) is 361 Å². The van der Waals surface area contributed by atoms with Crippen molar-refractivity contribution in [2.24, 2.45) is 0 Å². The first-order chi connectivity index (χ1) is 36.5. The second kappa shape index (κ2) is 63.2. The van der Waals surface area contributed by atoms with Gasteiger partial charge in [0.1, 0.15) is 13.2 Å². The largest absolute Gasteiger partial charge is 0.462 e. The van der Waals surface area contributed by atoms with E-state index in [0.29, 0.717) is 19.3 Å². The Morgan fingerprint density at radius 1 is 0.270 bits per heavy atom. The zero-order valence-electron chi connectivity index (χ0n) is 49.9. The lowest BCUT2D eigenvalue weighted by molar-refractivity contribution is -0.167. The average molecular weight is 1040 g/mol. The molecule has 74 heavy (non-hydrogen) atoms. The highest BCUT2D eigenvalue weighted by atomic mass is 16.6. The zero-order chi connectivity index (χ0) is 53.6. The van der Waals surface area contributed by atoms with E-state index >= 15 is 0 Å². The van der Waals surface area contributed by atoms with Crippen molar-refractivity contribution in [2.75, 3.05) is 13.2 Å². The molecule has 0 heterocycles. The van der Waals surface area contributed by atoms with Gasteiger partial charge in [0.2, 0.25) is 0 Å². The maximum atomic E-state index is 12.8. The van der Waals surface area contributed by atoms with E-state index < -0.39 is 6.10 Å². The van der Waals surface area contributed by atoms with Crippen molar-refractivity contribution in [2.45, 2.75) is 367 Å². The van der Waals surface area contributed by atoms with Crippen LogP contribution in [0.2, 0.25) is 0 Å². The smallest absolute Gasteiger partial charge is 0.306 e. The summed E-state index contributed by atoms with van der Waals surface area (Å²) >= 11 is 0. The Labute approximate surface area is 461 Å². The lowest BCUT2D eigenvalue weighted by atomic mass is 10.0. The van der Waals surface area contributed by atoms with E-state index in [1.807, 2.05) is 0 Å². The number of unbranched alkanes of at least 4 members (excludes halogenated alkanes) is 44. The predicted molar refractivity (Wildman–Crippen MR) is 321 cm³/mol. The summed E-state index contributed by atoms with van der Waals surface area (Å²) in [5.74, 6) is -0.849. The number of esters is 3. The third-order valence-corrected chi connectivity index (χ3v) is 14.9. The van der Waals surface area contributed by atoms with Gasteiger partial charge < -0.3 is 14.2 Å². The number of carbonyl (C=O) groups is 3. The van der Waals surface area contributed by atoms with Crippen molar-refractivity contribution in [3.8, 4) is 0 Å². The molecular weight excluding hydrogens is 913 g/mol. The molecule has 0 aliphatic heterocycles. The van der Waals surface area contributed by atoms with Crippen LogP contribution in [0, 0.1) is 0 Å². The topological polar surface area (TPSA) is 78.9 Å². The van der Waals surface area contributed by atoms with Gasteiger partial charge in [-0.1, -0.05) is 320 Å². The highest BCUT2D eigenvalue weighted by Crippen LogP contribution is 2.18. The van der Waals surface area contributed by atoms with E-state index in [0.717, 1.165) is 70.6 Å². The van der Waals surface area contributed by atoms with Crippen molar-refractivity contribution in [1.82, 2.24) is 0 Å². The maximum Gasteiger partial charge on any atom is 0.306 e. The van der Waals surface area contributed by atoms with E-state index in [1.54, 1.807) is 0 Å². The summed E-state index contributed by atoms with van der Waals surface area (Å²) in [5, 5.41) is 0. The first kappa shape index (κ1) is 71.6. The Hall–Kier alpha value is -2.37. The molecule has 1 unspecified atom stereocenters. The van der Waals surface area contributed by atoms with Gasteiger partial charge in [0.05, 0.1) is 0 Å². The molecule has 0 aromatic carbocycles. The van der Waals surface area contributed by atoms with Crippen molar-refractivity contribution in [1.29, 1.82) is 0 Å². The fraction of sp³-hybridized carbons (Fsp3) is 0.868. The summed E-state index contributed by atoms with van der Waals surface area (Å²) in [5.41, 5.74) is 0. The number of hydrogen-bond donors (Lipinski definition) is 0. The zero-order valence-corrected chi connectivity index (χ0v) is 49.9. The standard InChI is InChI=1S/C68H126O6/c1-4-7-10-13-16-18-20-22-24-26-28-29-30-31-32-33-34-35-36-37-38-39-40-42-43-45-47-49-52-55-58-61-67(70)73-64-65(63-72-66(69)60-57-54-51-15-12-9-6-3)74-68(71)62-59-56-53-50-48-46-44-41-27-25-23-21-19-17-14-11-8-5-2/h20,22,26,28,30-31,65H,4-19,21,23-25,27,29,32-64H2,1-3H3/b22-20-,28-26-,31-30-. The molecule has 0 fully saturated rings. The Morgan fingerprint density at radius 2 is 0.486 bits per heavy atom. The molecule has 0 amide bonds. The molecule has 0 aromatic heterocycles. The first-order valence-electron chi connectivity index (χ1n) is 33.0. The van der Waals surface area contributed by atoms with Crippen molar-refractivity contribution in [3.63, 3.8) is 0 Å².